The topological polar surface area (TPSA) is 78.4 Å². The normalized spacial score (nSPS) is 15.7. The monoisotopic (exact) mass is 270 g/mol. The molecule has 0 aromatic heterocycles. The number of rotatable bonds is 4. The molecule has 2 amide bonds. The molecule has 2 rings (SSSR count). The number of carbonyl (C=O) groups is 2. The van der Waals surface area contributed by atoms with Crippen molar-refractivity contribution in [1.29, 1.82) is 0 Å². The van der Waals surface area contributed by atoms with Crippen molar-refractivity contribution in [2.24, 2.45) is 5.92 Å². The van der Waals surface area contributed by atoms with Crippen LogP contribution in [-0.2, 0) is 4.79 Å². The number of carboxylic acid groups (broad SMARTS) is 1. The van der Waals surface area contributed by atoms with Crippen LogP contribution in [0.25, 0.3) is 0 Å². The first-order valence-corrected chi connectivity index (χ1v) is 5.72. The van der Waals surface area contributed by atoms with Gasteiger partial charge >= 0.3 is 12.0 Å². The van der Waals surface area contributed by atoms with Gasteiger partial charge in [-0.2, -0.15) is 0 Å². The number of nitrogens with one attached hydrogen (secondary N) is 2. The van der Waals surface area contributed by atoms with Gasteiger partial charge in [-0.15, -0.1) is 0 Å². The number of benzene rings is 1. The molecule has 1 fully saturated rings. The molecule has 1 saturated carbocycles. The van der Waals surface area contributed by atoms with Gasteiger partial charge in [0.1, 0.15) is 17.7 Å². The molecule has 1 atom stereocenters. The average molecular weight is 270 g/mol. The molecule has 7 heteroatoms. The second-order valence-electron chi connectivity index (χ2n) is 4.41. The lowest BCUT2D eigenvalue weighted by Crippen LogP contribution is -2.44. The van der Waals surface area contributed by atoms with Gasteiger partial charge in [0, 0.05) is 11.8 Å². The predicted octanol–water partition coefficient (Wildman–Crippen LogP) is 1.95. The van der Waals surface area contributed by atoms with Crippen LogP contribution in [0.4, 0.5) is 19.3 Å². The van der Waals surface area contributed by atoms with Gasteiger partial charge in [-0.25, -0.2) is 18.4 Å². The van der Waals surface area contributed by atoms with E-state index in [4.69, 9.17) is 5.11 Å². The molecule has 1 unspecified atom stereocenters. The van der Waals surface area contributed by atoms with Gasteiger partial charge < -0.3 is 15.7 Å². The number of urea groups is 1. The summed E-state index contributed by atoms with van der Waals surface area (Å²) in [5.41, 5.74) is -0.0741. The van der Waals surface area contributed by atoms with E-state index in [9.17, 15) is 18.4 Å². The Bertz CT molecular complexity index is 497. The quantitative estimate of drug-likeness (QED) is 0.782. The van der Waals surface area contributed by atoms with Crippen LogP contribution >= 0.6 is 0 Å². The maximum absolute atomic E-state index is 12.9. The van der Waals surface area contributed by atoms with Crippen LogP contribution in [0.5, 0.6) is 0 Å². The number of aliphatic carboxylic acids is 1. The Labute approximate surface area is 107 Å². The largest absolute Gasteiger partial charge is 0.480 e. The second kappa shape index (κ2) is 5.21. The first-order valence-electron chi connectivity index (χ1n) is 5.72. The molecule has 0 aliphatic heterocycles. The van der Waals surface area contributed by atoms with Crippen LogP contribution in [0.1, 0.15) is 12.8 Å². The third-order valence-corrected chi connectivity index (χ3v) is 2.77. The highest BCUT2D eigenvalue weighted by atomic mass is 19.1. The van der Waals surface area contributed by atoms with Crippen molar-refractivity contribution in [2.75, 3.05) is 5.32 Å². The van der Waals surface area contributed by atoms with E-state index in [0.717, 1.165) is 25.0 Å². The minimum absolute atomic E-state index is 0.0741. The fourth-order valence-electron chi connectivity index (χ4n) is 1.75. The van der Waals surface area contributed by atoms with E-state index in [0.29, 0.717) is 6.07 Å². The number of anilines is 1. The molecule has 0 saturated heterocycles. The standard InChI is InChI=1S/C12H12F2N2O3/c13-7-3-8(14)5-9(4-7)15-12(19)16-10(11(17)18)6-1-2-6/h3-6,10H,1-2H2,(H,17,18)(H2,15,16,19). The molecule has 1 aromatic rings. The number of halogens is 2. The minimum Gasteiger partial charge on any atom is -0.480 e. The molecule has 1 aliphatic carbocycles. The van der Waals surface area contributed by atoms with E-state index < -0.39 is 29.7 Å². The van der Waals surface area contributed by atoms with Crippen molar-refractivity contribution in [1.82, 2.24) is 5.32 Å². The van der Waals surface area contributed by atoms with Gasteiger partial charge in [0.2, 0.25) is 0 Å². The Hall–Kier alpha value is -2.18. The number of hydrogen-bond acceptors (Lipinski definition) is 2. The molecule has 0 radical (unpaired) electrons. The molecule has 1 aromatic carbocycles. The summed E-state index contributed by atoms with van der Waals surface area (Å²) in [5.74, 6) is -2.85. The van der Waals surface area contributed by atoms with E-state index in [1.807, 2.05) is 0 Å². The SMILES string of the molecule is O=C(Nc1cc(F)cc(F)c1)NC(C(=O)O)C1CC1. The summed E-state index contributed by atoms with van der Waals surface area (Å²) in [6.45, 7) is 0. The highest BCUT2D eigenvalue weighted by molar-refractivity contribution is 5.92. The van der Waals surface area contributed by atoms with Crippen molar-refractivity contribution < 1.29 is 23.5 Å². The molecule has 102 valence electrons. The number of hydrogen-bond donors (Lipinski definition) is 3. The van der Waals surface area contributed by atoms with Gasteiger partial charge in [0.15, 0.2) is 0 Å². The van der Waals surface area contributed by atoms with Gasteiger partial charge in [0.05, 0.1) is 0 Å². The van der Waals surface area contributed by atoms with Crippen LogP contribution in [0, 0.1) is 17.6 Å². The zero-order chi connectivity index (χ0) is 14.0. The molecule has 3 N–H and O–H groups in total. The zero-order valence-electron chi connectivity index (χ0n) is 9.82. The lowest BCUT2D eigenvalue weighted by atomic mass is 10.2. The Morgan fingerprint density at radius 1 is 1.21 bits per heavy atom. The molecule has 0 spiro atoms. The van der Waals surface area contributed by atoms with Crippen molar-refractivity contribution in [3.8, 4) is 0 Å². The van der Waals surface area contributed by atoms with Crippen LogP contribution in [0.2, 0.25) is 0 Å². The molecule has 19 heavy (non-hydrogen) atoms. The first kappa shape index (κ1) is 13.3. The Balaban J connectivity index is 1.98. The van der Waals surface area contributed by atoms with E-state index in [2.05, 4.69) is 10.6 Å². The minimum atomic E-state index is -1.12. The van der Waals surface area contributed by atoms with Crippen molar-refractivity contribution in [2.45, 2.75) is 18.9 Å². The second-order valence-corrected chi connectivity index (χ2v) is 4.41. The zero-order valence-corrected chi connectivity index (χ0v) is 9.82. The molecule has 5 nitrogen and oxygen atoms in total. The Morgan fingerprint density at radius 3 is 2.26 bits per heavy atom. The van der Waals surface area contributed by atoms with Crippen molar-refractivity contribution in [3.05, 3.63) is 29.8 Å². The summed E-state index contributed by atoms with van der Waals surface area (Å²) in [7, 11) is 0. The summed E-state index contributed by atoms with van der Waals surface area (Å²) in [6, 6.07) is 0.779. The lowest BCUT2D eigenvalue weighted by Gasteiger charge is -2.14. The van der Waals surface area contributed by atoms with Crippen molar-refractivity contribution >= 4 is 17.7 Å². The molecule has 1 aliphatic rings. The highest BCUT2D eigenvalue weighted by Gasteiger charge is 2.37. The van der Waals surface area contributed by atoms with E-state index in [1.54, 1.807) is 0 Å². The predicted molar refractivity (Wildman–Crippen MR) is 62.7 cm³/mol. The third-order valence-electron chi connectivity index (χ3n) is 2.77. The summed E-state index contributed by atoms with van der Waals surface area (Å²) < 4.78 is 25.8. The fraction of sp³-hybridized carbons (Fsp3) is 0.333. The smallest absolute Gasteiger partial charge is 0.326 e. The van der Waals surface area contributed by atoms with E-state index in [-0.39, 0.29) is 11.6 Å². The summed E-state index contributed by atoms with van der Waals surface area (Å²) >= 11 is 0. The van der Waals surface area contributed by atoms with Gasteiger partial charge in [-0.3, -0.25) is 0 Å². The summed E-state index contributed by atoms with van der Waals surface area (Å²) in [6.07, 6.45) is 1.48. The lowest BCUT2D eigenvalue weighted by molar-refractivity contribution is -0.139. The number of carbonyl (C=O) groups excluding carboxylic acids is 1. The van der Waals surface area contributed by atoms with Gasteiger partial charge in [0.25, 0.3) is 0 Å². The van der Waals surface area contributed by atoms with Crippen molar-refractivity contribution in [3.63, 3.8) is 0 Å². The van der Waals surface area contributed by atoms with Crippen LogP contribution in [0.15, 0.2) is 18.2 Å². The fourth-order valence-corrected chi connectivity index (χ4v) is 1.75. The molecular weight excluding hydrogens is 258 g/mol. The molecule has 0 heterocycles. The maximum Gasteiger partial charge on any atom is 0.326 e. The Kier molecular flexibility index (Phi) is 3.64. The summed E-state index contributed by atoms with van der Waals surface area (Å²) in [5, 5.41) is 13.4. The van der Waals surface area contributed by atoms with E-state index in [1.165, 1.54) is 0 Å². The van der Waals surface area contributed by atoms with E-state index >= 15 is 0 Å². The molecular formula is C12H12F2N2O3. The number of amides is 2. The van der Waals surface area contributed by atoms with Crippen LogP contribution in [-0.4, -0.2) is 23.1 Å². The third kappa shape index (κ3) is 3.64. The Morgan fingerprint density at radius 2 is 1.79 bits per heavy atom. The van der Waals surface area contributed by atoms with Crippen LogP contribution < -0.4 is 10.6 Å². The average Bonchev–Trinajstić information content (AvgIpc) is 3.07. The highest BCUT2D eigenvalue weighted by Crippen LogP contribution is 2.32. The van der Waals surface area contributed by atoms with Gasteiger partial charge in [-0.1, -0.05) is 0 Å². The molecule has 0 bridgehead atoms. The first-order chi connectivity index (χ1) is 8.95. The number of carboxylic acids is 1. The van der Waals surface area contributed by atoms with Crippen LogP contribution in [0.3, 0.4) is 0 Å². The maximum atomic E-state index is 12.9. The van der Waals surface area contributed by atoms with Gasteiger partial charge in [-0.05, 0) is 30.9 Å². The summed E-state index contributed by atoms with van der Waals surface area (Å²) in [4.78, 5) is 22.5.